The molecule has 42 heavy (non-hydrogen) atoms. The molecule has 5 aliphatic rings. The predicted octanol–water partition coefficient (Wildman–Crippen LogP) is 5.03. The fourth-order valence-electron chi connectivity index (χ4n) is 10.5. The molecule has 3 saturated carbocycles. The molecule has 1 saturated heterocycles. The summed E-state index contributed by atoms with van der Waals surface area (Å²) in [7, 11) is 0. The highest BCUT2D eigenvalue weighted by Gasteiger charge is 2.61. The molecule has 14 atom stereocenters. The molecule has 0 radical (unpaired) electrons. The van der Waals surface area contributed by atoms with E-state index in [9.17, 15) is 25.2 Å². The second-order valence-electron chi connectivity index (χ2n) is 15.6. The molecule has 1 aliphatic heterocycles. The Hall–Kier alpha value is -0.830. The Morgan fingerprint density at radius 3 is 2.38 bits per heavy atom. The topological polar surface area (TPSA) is 116 Å². The Morgan fingerprint density at radius 2 is 1.71 bits per heavy atom. The molecule has 4 aliphatic carbocycles. The van der Waals surface area contributed by atoms with Crippen LogP contribution >= 0.6 is 0 Å². The van der Waals surface area contributed by atoms with Crippen molar-refractivity contribution < 1.29 is 34.7 Å². The van der Waals surface area contributed by atoms with Gasteiger partial charge in [-0.3, -0.25) is 4.79 Å². The number of fused-ring (bicyclic) bond motifs is 5. The summed E-state index contributed by atoms with van der Waals surface area (Å²) in [6.07, 6.45) is 6.15. The minimum absolute atomic E-state index is 0.0372. The standard InChI is InChI=1S/C35H58O7/c1-7-21(19(2)3)9-8-20(4)24-10-11-25-29-26(13-15-35(24,25)6)34(5)14-12-23(16-22(34)17-27(29)37)41-33-32(40)31(39)30(38)28(18-36)42-33/h17,19-21,23-26,28-33,36,38-40H,7-16,18H2,1-6H3/t20-,21-,23+,24-,25+,26+,28-,29+,30-,31+,32-,33-,34+,35-/m1/s1. The first-order chi connectivity index (χ1) is 19.8. The number of carbonyl (C=O) groups is 1. The lowest BCUT2D eigenvalue weighted by molar-refractivity contribution is -0.313. The average Bonchev–Trinajstić information content (AvgIpc) is 3.31. The lowest BCUT2D eigenvalue weighted by Crippen LogP contribution is -2.60. The lowest BCUT2D eigenvalue weighted by atomic mass is 9.46. The van der Waals surface area contributed by atoms with Crippen LogP contribution in [0.1, 0.15) is 106 Å². The maximum absolute atomic E-state index is 14.0. The summed E-state index contributed by atoms with van der Waals surface area (Å²) in [6.45, 7) is 13.9. The minimum atomic E-state index is -1.45. The van der Waals surface area contributed by atoms with E-state index in [-0.39, 0.29) is 22.9 Å². The number of aliphatic hydroxyl groups excluding tert-OH is 4. The predicted molar refractivity (Wildman–Crippen MR) is 161 cm³/mol. The molecule has 7 nitrogen and oxygen atoms in total. The first-order valence-corrected chi connectivity index (χ1v) is 17.1. The van der Waals surface area contributed by atoms with Crippen LogP contribution in [0.25, 0.3) is 0 Å². The molecule has 0 aromatic rings. The fraction of sp³-hybridized carbons (Fsp3) is 0.914. The molecule has 0 bridgehead atoms. The molecule has 0 aromatic carbocycles. The SMILES string of the molecule is CC[C@H](CC[C@@H](C)[C@H]1CC[C@H]2[C@@H]3C(=O)C=C4C[C@@H](O[C@@H]5O[C@H](CO)[C@@H](O)[C@H](O)[C@H]5O)CC[C@]4(C)[C@H]3CC[C@]12C)C(C)C. The fourth-order valence-corrected chi connectivity index (χ4v) is 10.5. The summed E-state index contributed by atoms with van der Waals surface area (Å²) in [5.41, 5.74) is 1.35. The van der Waals surface area contributed by atoms with E-state index in [2.05, 4.69) is 41.5 Å². The highest BCUT2D eigenvalue weighted by atomic mass is 16.7. The molecular formula is C35H58O7. The van der Waals surface area contributed by atoms with E-state index in [4.69, 9.17) is 9.47 Å². The minimum Gasteiger partial charge on any atom is -0.394 e. The molecule has 0 spiro atoms. The van der Waals surface area contributed by atoms with Crippen molar-refractivity contribution in [3.05, 3.63) is 11.6 Å². The van der Waals surface area contributed by atoms with Crippen molar-refractivity contribution in [3.63, 3.8) is 0 Å². The second kappa shape index (κ2) is 12.5. The number of ketones is 1. The molecule has 0 unspecified atom stereocenters. The van der Waals surface area contributed by atoms with Gasteiger partial charge in [-0.2, -0.15) is 0 Å². The molecular weight excluding hydrogens is 532 g/mol. The quantitative estimate of drug-likeness (QED) is 0.298. The van der Waals surface area contributed by atoms with Gasteiger partial charge in [0.2, 0.25) is 0 Å². The van der Waals surface area contributed by atoms with Gasteiger partial charge < -0.3 is 29.9 Å². The smallest absolute Gasteiger partial charge is 0.186 e. The lowest BCUT2D eigenvalue weighted by Gasteiger charge is -2.58. The molecule has 5 rings (SSSR count). The van der Waals surface area contributed by atoms with Gasteiger partial charge in [0.05, 0.1) is 12.7 Å². The summed E-state index contributed by atoms with van der Waals surface area (Å²) in [4.78, 5) is 14.0. The van der Waals surface area contributed by atoms with E-state index in [0.717, 1.165) is 36.7 Å². The molecule has 4 fully saturated rings. The van der Waals surface area contributed by atoms with Crippen molar-refractivity contribution >= 4 is 5.78 Å². The number of ether oxygens (including phenoxy) is 2. The normalized spacial score (nSPS) is 46.9. The summed E-state index contributed by atoms with van der Waals surface area (Å²) >= 11 is 0. The van der Waals surface area contributed by atoms with E-state index in [1.807, 2.05) is 6.08 Å². The highest BCUT2D eigenvalue weighted by molar-refractivity contribution is 5.94. The van der Waals surface area contributed by atoms with Crippen molar-refractivity contribution in [2.24, 2.45) is 52.3 Å². The van der Waals surface area contributed by atoms with Crippen LogP contribution in [-0.4, -0.2) is 69.6 Å². The van der Waals surface area contributed by atoms with Crippen LogP contribution in [0.2, 0.25) is 0 Å². The van der Waals surface area contributed by atoms with Crippen LogP contribution in [0.15, 0.2) is 11.6 Å². The Kier molecular flexibility index (Phi) is 9.70. The van der Waals surface area contributed by atoms with Gasteiger partial charge in [-0.1, -0.05) is 60.0 Å². The third-order valence-corrected chi connectivity index (χ3v) is 13.3. The number of rotatable bonds is 9. The van der Waals surface area contributed by atoms with Crippen LogP contribution in [-0.2, 0) is 14.3 Å². The average molecular weight is 591 g/mol. The molecule has 1 heterocycles. The van der Waals surface area contributed by atoms with Gasteiger partial charge in [0.15, 0.2) is 12.1 Å². The van der Waals surface area contributed by atoms with Crippen LogP contribution in [0.3, 0.4) is 0 Å². The van der Waals surface area contributed by atoms with E-state index in [1.54, 1.807) is 0 Å². The number of hydrogen-bond acceptors (Lipinski definition) is 7. The molecule has 7 heteroatoms. The van der Waals surface area contributed by atoms with Crippen LogP contribution in [0.5, 0.6) is 0 Å². The monoisotopic (exact) mass is 590 g/mol. The van der Waals surface area contributed by atoms with Gasteiger partial charge in [0.1, 0.15) is 24.4 Å². The molecule has 4 N–H and O–H groups in total. The van der Waals surface area contributed by atoms with Gasteiger partial charge in [-0.25, -0.2) is 0 Å². The van der Waals surface area contributed by atoms with Crippen molar-refractivity contribution in [3.8, 4) is 0 Å². The number of hydrogen-bond donors (Lipinski definition) is 4. The summed E-state index contributed by atoms with van der Waals surface area (Å²) in [5, 5.41) is 40.4. The van der Waals surface area contributed by atoms with E-state index < -0.39 is 37.3 Å². The number of carbonyl (C=O) groups excluding carboxylic acids is 1. The van der Waals surface area contributed by atoms with Crippen molar-refractivity contribution in [2.45, 2.75) is 143 Å². The largest absolute Gasteiger partial charge is 0.394 e. The van der Waals surface area contributed by atoms with E-state index in [0.29, 0.717) is 35.9 Å². The first-order valence-electron chi connectivity index (χ1n) is 17.1. The van der Waals surface area contributed by atoms with Crippen LogP contribution in [0, 0.1) is 52.3 Å². The third-order valence-electron chi connectivity index (χ3n) is 13.3. The molecule has 0 aromatic heterocycles. The highest BCUT2D eigenvalue weighted by Crippen LogP contribution is 2.67. The van der Waals surface area contributed by atoms with Gasteiger partial charge in [0.25, 0.3) is 0 Å². The van der Waals surface area contributed by atoms with Crippen molar-refractivity contribution in [2.75, 3.05) is 6.61 Å². The zero-order valence-electron chi connectivity index (χ0n) is 26.9. The first kappa shape index (κ1) is 32.6. The Balaban J connectivity index is 1.27. The Morgan fingerprint density at radius 1 is 0.976 bits per heavy atom. The van der Waals surface area contributed by atoms with Gasteiger partial charge in [-0.05, 0) is 104 Å². The summed E-state index contributed by atoms with van der Waals surface area (Å²) < 4.78 is 11.8. The maximum Gasteiger partial charge on any atom is 0.186 e. The van der Waals surface area contributed by atoms with E-state index >= 15 is 0 Å². The summed E-state index contributed by atoms with van der Waals surface area (Å²) in [5.74, 6) is 4.16. The number of aliphatic hydroxyl groups is 4. The molecule has 0 amide bonds. The zero-order chi connectivity index (χ0) is 30.6. The maximum atomic E-state index is 14.0. The van der Waals surface area contributed by atoms with Gasteiger partial charge >= 0.3 is 0 Å². The van der Waals surface area contributed by atoms with Crippen LogP contribution in [0.4, 0.5) is 0 Å². The second-order valence-corrected chi connectivity index (χ2v) is 15.6. The summed E-state index contributed by atoms with van der Waals surface area (Å²) in [6, 6.07) is 0. The van der Waals surface area contributed by atoms with Crippen LogP contribution < -0.4 is 0 Å². The zero-order valence-corrected chi connectivity index (χ0v) is 26.9. The van der Waals surface area contributed by atoms with Gasteiger partial charge in [0, 0.05) is 5.92 Å². The number of allylic oxidation sites excluding steroid dienone is 1. The molecule has 240 valence electrons. The van der Waals surface area contributed by atoms with Crippen molar-refractivity contribution in [1.29, 1.82) is 0 Å². The Labute approximate surface area is 253 Å². The Bertz CT molecular complexity index is 994. The van der Waals surface area contributed by atoms with Gasteiger partial charge in [-0.15, -0.1) is 0 Å². The van der Waals surface area contributed by atoms with Crippen molar-refractivity contribution in [1.82, 2.24) is 0 Å². The van der Waals surface area contributed by atoms with E-state index in [1.165, 1.54) is 38.5 Å². The third kappa shape index (κ3) is 5.58.